The summed E-state index contributed by atoms with van der Waals surface area (Å²) in [5, 5.41) is 0. The van der Waals surface area contributed by atoms with Gasteiger partial charge in [-0.05, 0) is 42.2 Å². The number of ether oxygens (including phenoxy) is 3. The second kappa shape index (κ2) is 8.48. The fourth-order valence-corrected chi connectivity index (χ4v) is 3.84. The van der Waals surface area contributed by atoms with Crippen molar-refractivity contribution >= 4 is 11.7 Å². The summed E-state index contributed by atoms with van der Waals surface area (Å²) in [6.45, 7) is 3.92. The van der Waals surface area contributed by atoms with Gasteiger partial charge in [0.1, 0.15) is 12.4 Å². The Labute approximate surface area is 165 Å². The summed E-state index contributed by atoms with van der Waals surface area (Å²) in [5.41, 5.74) is 3.35. The van der Waals surface area contributed by atoms with E-state index in [0.717, 1.165) is 23.3 Å². The normalized spacial score (nSPS) is 21.0. The molecule has 0 aromatic heterocycles. The molecule has 5 heteroatoms. The van der Waals surface area contributed by atoms with Crippen LogP contribution in [0.4, 0.5) is 4.79 Å². The maximum absolute atomic E-state index is 12.8. The molecule has 146 valence electrons. The van der Waals surface area contributed by atoms with Crippen LogP contribution in [0.15, 0.2) is 60.7 Å². The molecule has 28 heavy (non-hydrogen) atoms. The summed E-state index contributed by atoms with van der Waals surface area (Å²) >= 11 is 0. The molecule has 2 aromatic carbocycles. The Hall–Kier alpha value is -2.79. The van der Waals surface area contributed by atoms with Gasteiger partial charge in [0.25, 0.3) is 0 Å². The van der Waals surface area contributed by atoms with Gasteiger partial charge >= 0.3 is 6.09 Å². The second-order valence-electron chi connectivity index (χ2n) is 7.06. The zero-order chi connectivity index (χ0) is 19.3. The third kappa shape index (κ3) is 4.04. The smallest absolute Gasteiger partial charge is 0.411 e. The molecule has 4 rings (SSSR count). The van der Waals surface area contributed by atoms with Gasteiger partial charge in [0.2, 0.25) is 0 Å². The van der Waals surface area contributed by atoms with Gasteiger partial charge in [0.15, 0.2) is 0 Å². The predicted molar refractivity (Wildman–Crippen MR) is 107 cm³/mol. The number of fused-ring (bicyclic) bond motifs is 2. The Bertz CT molecular complexity index is 849. The topological polar surface area (TPSA) is 48.0 Å². The minimum Gasteiger partial charge on any atom is -0.494 e. The Morgan fingerprint density at radius 3 is 2.79 bits per heavy atom. The van der Waals surface area contributed by atoms with Gasteiger partial charge in [-0.1, -0.05) is 48.5 Å². The van der Waals surface area contributed by atoms with Crippen LogP contribution >= 0.6 is 0 Å². The van der Waals surface area contributed by atoms with Crippen LogP contribution in [-0.4, -0.2) is 42.9 Å². The molecule has 1 amide bonds. The first kappa shape index (κ1) is 18.6. The van der Waals surface area contributed by atoms with Gasteiger partial charge < -0.3 is 14.2 Å². The molecule has 2 atom stereocenters. The van der Waals surface area contributed by atoms with E-state index in [1.807, 2.05) is 54.3 Å². The van der Waals surface area contributed by atoms with Crippen LogP contribution in [0.25, 0.3) is 5.57 Å². The zero-order valence-electron chi connectivity index (χ0n) is 16.0. The van der Waals surface area contributed by atoms with E-state index in [1.54, 1.807) is 0 Å². The van der Waals surface area contributed by atoms with E-state index < -0.39 is 0 Å². The van der Waals surface area contributed by atoms with E-state index in [0.29, 0.717) is 19.8 Å². The minimum absolute atomic E-state index is 0.0160. The van der Waals surface area contributed by atoms with Gasteiger partial charge in [-0.25, -0.2) is 4.79 Å². The van der Waals surface area contributed by atoms with Gasteiger partial charge in [0.05, 0.1) is 31.9 Å². The summed E-state index contributed by atoms with van der Waals surface area (Å²) in [4.78, 5) is 14.6. The van der Waals surface area contributed by atoms with Gasteiger partial charge in [-0.2, -0.15) is 0 Å². The lowest BCUT2D eigenvalue weighted by Crippen LogP contribution is -2.56. The summed E-state index contributed by atoms with van der Waals surface area (Å²) in [5.74, 6) is 0.868. The van der Waals surface area contributed by atoms with E-state index in [4.69, 9.17) is 14.2 Å². The molecule has 2 heterocycles. The zero-order valence-corrected chi connectivity index (χ0v) is 16.0. The average molecular weight is 379 g/mol. The van der Waals surface area contributed by atoms with Crippen LogP contribution in [0, 0.1) is 0 Å². The van der Waals surface area contributed by atoms with Crippen molar-refractivity contribution in [1.29, 1.82) is 0 Å². The van der Waals surface area contributed by atoms with Crippen LogP contribution in [-0.2, 0) is 16.1 Å². The number of rotatable bonds is 5. The Morgan fingerprint density at radius 2 is 2.00 bits per heavy atom. The van der Waals surface area contributed by atoms with Gasteiger partial charge in [-0.3, -0.25) is 4.90 Å². The molecule has 2 bridgehead atoms. The maximum atomic E-state index is 12.8. The number of hydrogen-bond donors (Lipinski definition) is 0. The number of carbonyl (C=O) groups excluding carboxylic acids is 1. The second-order valence-corrected chi connectivity index (χ2v) is 7.06. The highest BCUT2D eigenvalue weighted by Gasteiger charge is 2.39. The maximum Gasteiger partial charge on any atom is 0.411 e. The molecule has 2 aliphatic heterocycles. The quantitative estimate of drug-likeness (QED) is 0.778. The molecule has 2 unspecified atom stereocenters. The van der Waals surface area contributed by atoms with E-state index in [9.17, 15) is 4.79 Å². The van der Waals surface area contributed by atoms with Gasteiger partial charge in [0, 0.05) is 0 Å². The molecular formula is C23H25NO4. The first-order valence-corrected chi connectivity index (χ1v) is 9.75. The van der Waals surface area contributed by atoms with Crippen molar-refractivity contribution in [2.75, 3.05) is 19.8 Å². The van der Waals surface area contributed by atoms with Crippen molar-refractivity contribution in [2.24, 2.45) is 0 Å². The SMILES string of the molecule is CCOc1cccc(C2=CC3COCC(C2)N3C(=O)OCc2ccccc2)c1. The molecule has 5 nitrogen and oxygen atoms in total. The summed E-state index contributed by atoms with van der Waals surface area (Å²) < 4.78 is 16.9. The number of carbonyl (C=O) groups is 1. The third-order valence-corrected chi connectivity index (χ3v) is 5.13. The first-order valence-electron chi connectivity index (χ1n) is 9.75. The van der Waals surface area contributed by atoms with Gasteiger partial charge in [-0.15, -0.1) is 0 Å². The Kier molecular flexibility index (Phi) is 5.63. The number of benzene rings is 2. The van der Waals surface area contributed by atoms with E-state index in [2.05, 4.69) is 18.2 Å². The van der Waals surface area contributed by atoms with Crippen LogP contribution in [0.1, 0.15) is 24.5 Å². The predicted octanol–water partition coefficient (Wildman–Crippen LogP) is 4.28. The fraction of sp³-hybridized carbons (Fsp3) is 0.348. The monoisotopic (exact) mass is 379 g/mol. The van der Waals surface area contributed by atoms with E-state index >= 15 is 0 Å². The van der Waals surface area contributed by atoms with Crippen LogP contribution in [0.2, 0.25) is 0 Å². The van der Waals surface area contributed by atoms with Crippen molar-refractivity contribution in [3.8, 4) is 5.75 Å². The molecule has 1 fully saturated rings. The van der Waals surface area contributed by atoms with Crippen molar-refractivity contribution in [3.63, 3.8) is 0 Å². The summed E-state index contributed by atoms with van der Waals surface area (Å²) in [6.07, 6.45) is 2.59. The largest absolute Gasteiger partial charge is 0.494 e. The number of morpholine rings is 1. The van der Waals surface area contributed by atoms with Crippen molar-refractivity contribution in [1.82, 2.24) is 4.90 Å². The van der Waals surface area contributed by atoms with Crippen molar-refractivity contribution in [3.05, 3.63) is 71.8 Å². The fourth-order valence-electron chi connectivity index (χ4n) is 3.84. The molecule has 0 aliphatic carbocycles. The molecule has 2 aromatic rings. The molecule has 0 saturated carbocycles. The van der Waals surface area contributed by atoms with Crippen LogP contribution < -0.4 is 4.74 Å². The number of amides is 1. The highest BCUT2D eigenvalue weighted by Crippen LogP contribution is 2.34. The molecule has 1 saturated heterocycles. The standard InChI is InChI=1S/C23H25NO4/c1-2-27-22-10-6-9-18(13-22)19-11-20-15-26-16-21(12-19)24(20)23(25)28-14-17-7-4-3-5-8-17/h3-11,13,20-21H,2,12,14-16H2,1H3. The molecule has 0 spiro atoms. The number of hydrogen-bond acceptors (Lipinski definition) is 4. The lowest BCUT2D eigenvalue weighted by Gasteiger charge is -2.43. The Balaban J connectivity index is 1.49. The van der Waals surface area contributed by atoms with Crippen LogP contribution in [0.3, 0.4) is 0 Å². The summed E-state index contributed by atoms with van der Waals surface area (Å²) in [7, 11) is 0. The van der Waals surface area contributed by atoms with Crippen molar-refractivity contribution in [2.45, 2.75) is 32.0 Å². The molecule has 0 radical (unpaired) electrons. The molecule has 0 N–H and O–H groups in total. The average Bonchev–Trinajstić information content (AvgIpc) is 2.72. The molecular weight excluding hydrogens is 354 g/mol. The first-order chi connectivity index (χ1) is 13.7. The van der Waals surface area contributed by atoms with Crippen LogP contribution in [0.5, 0.6) is 5.75 Å². The summed E-state index contributed by atoms with van der Waals surface area (Å²) in [6, 6.07) is 17.7. The highest BCUT2D eigenvalue weighted by atomic mass is 16.6. The highest BCUT2D eigenvalue weighted by molar-refractivity contribution is 5.75. The van der Waals surface area contributed by atoms with Crippen molar-refractivity contribution < 1.29 is 19.0 Å². The minimum atomic E-state index is -0.277. The third-order valence-electron chi connectivity index (χ3n) is 5.13. The number of nitrogens with zero attached hydrogens (tertiary/aromatic N) is 1. The van der Waals surface area contributed by atoms with E-state index in [1.165, 1.54) is 5.57 Å². The lowest BCUT2D eigenvalue weighted by atomic mass is 9.90. The Morgan fingerprint density at radius 1 is 1.14 bits per heavy atom. The lowest BCUT2D eigenvalue weighted by molar-refractivity contribution is -0.0342. The molecule has 2 aliphatic rings. The van der Waals surface area contributed by atoms with E-state index in [-0.39, 0.29) is 24.8 Å².